The van der Waals surface area contributed by atoms with E-state index >= 15 is 0 Å². The van der Waals surface area contributed by atoms with E-state index in [9.17, 15) is 4.79 Å². The van der Waals surface area contributed by atoms with Gasteiger partial charge in [0, 0.05) is 5.02 Å². The molecule has 0 aliphatic carbocycles. The molecule has 0 aliphatic heterocycles. The minimum atomic E-state index is -0.353. The van der Waals surface area contributed by atoms with Gasteiger partial charge in [-0.15, -0.1) is 10.2 Å². The van der Waals surface area contributed by atoms with Gasteiger partial charge in [-0.3, -0.25) is 5.43 Å². The minimum Gasteiger partial charge on any atom is -0.497 e. The summed E-state index contributed by atoms with van der Waals surface area (Å²) in [5, 5.41) is 8.57. The first kappa shape index (κ1) is 17.0. The summed E-state index contributed by atoms with van der Waals surface area (Å²) in [4.78, 5) is 17.5. The quantitative estimate of drug-likeness (QED) is 0.409. The van der Waals surface area contributed by atoms with Crippen LogP contribution in [-0.2, 0) is 0 Å². The number of hydrogen-bond acceptors (Lipinski definition) is 7. The maximum atomic E-state index is 13.2. The number of nitrogens with two attached hydrogens (primary N) is 1. The number of fused-ring (bicyclic) bond motifs is 1. The van der Waals surface area contributed by atoms with E-state index in [2.05, 4.69) is 20.6 Å². The van der Waals surface area contributed by atoms with Crippen LogP contribution in [-0.4, -0.2) is 31.4 Å². The molecule has 0 saturated heterocycles. The van der Waals surface area contributed by atoms with Crippen LogP contribution in [0.15, 0.2) is 53.3 Å². The average molecular weight is 384 g/mol. The van der Waals surface area contributed by atoms with E-state index in [4.69, 9.17) is 22.2 Å². The third-order valence-corrected chi connectivity index (χ3v) is 4.25. The van der Waals surface area contributed by atoms with Crippen molar-refractivity contribution in [2.45, 2.75) is 0 Å². The minimum absolute atomic E-state index is 0.0945. The van der Waals surface area contributed by atoms with Gasteiger partial charge in [-0.2, -0.15) is 4.98 Å². The van der Waals surface area contributed by atoms with Crippen molar-refractivity contribution in [1.29, 1.82) is 0 Å². The normalized spacial score (nSPS) is 10.9. The van der Waals surface area contributed by atoms with Gasteiger partial charge in [0.2, 0.25) is 5.65 Å². The predicted molar refractivity (Wildman–Crippen MR) is 102 cm³/mol. The first-order chi connectivity index (χ1) is 13.1. The summed E-state index contributed by atoms with van der Waals surface area (Å²) in [5.41, 5.74) is 3.78. The number of nitrogens with zero attached hydrogens (tertiary/aromatic N) is 5. The second-order valence-corrected chi connectivity index (χ2v) is 5.99. The van der Waals surface area contributed by atoms with Crippen LogP contribution in [0.1, 0.15) is 0 Å². The zero-order chi connectivity index (χ0) is 19.0. The molecule has 2 aromatic carbocycles. The molecule has 3 N–H and O–H groups in total. The highest BCUT2D eigenvalue weighted by Gasteiger charge is 2.20. The second kappa shape index (κ2) is 6.71. The highest BCUT2D eigenvalue weighted by molar-refractivity contribution is 6.30. The Balaban J connectivity index is 2.03. The molecule has 136 valence electrons. The van der Waals surface area contributed by atoms with Gasteiger partial charge in [0.05, 0.1) is 18.5 Å². The lowest BCUT2D eigenvalue weighted by atomic mass is 10.3. The van der Waals surface area contributed by atoms with Crippen LogP contribution in [0, 0.1) is 0 Å². The molecule has 4 aromatic rings. The largest absolute Gasteiger partial charge is 0.497 e. The molecule has 27 heavy (non-hydrogen) atoms. The smallest absolute Gasteiger partial charge is 0.340 e. The lowest BCUT2D eigenvalue weighted by Crippen LogP contribution is -2.22. The van der Waals surface area contributed by atoms with Crippen LogP contribution < -0.4 is 21.7 Å². The van der Waals surface area contributed by atoms with Gasteiger partial charge in [0.15, 0.2) is 5.65 Å². The number of imidazole rings is 1. The summed E-state index contributed by atoms with van der Waals surface area (Å²) in [6, 6.07) is 13.8. The summed E-state index contributed by atoms with van der Waals surface area (Å²) in [5.74, 6) is 6.16. The Hall–Kier alpha value is -3.43. The van der Waals surface area contributed by atoms with E-state index in [0.717, 1.165) is 0 Å². The van der Waals surface area contributed by atoms with Crippen LogP contribution in [0.4, 0.5) is 5.95 Å². The van der Waals surface area contributed by atoms with Gasteiger partial charge in [0.25, 0.3) is 5.95 Å². The van der Waals surface area contributed by atoms with Crippen LogP contribution >= 0.6 is 11.6 Å². The number of rotatable bonds is 4. The molecule has 9 nitrogen and oxygen atoms in total. The number of benzene rings is 2. The zero-order valence-electron chi connectivity index (χ0n) is 14.1. The SMILES string of the molecule is COc1ccc(-n2c(=O)n(-c3ccc(Cl)cc3)c3nc(NN)nnc32)cc1. The van der Waals surface area contributed by atoms with Crippen molar-refractivity contribution in [3.05, 3.63) is 64.0 Å². The lowest BCUT2D eigenvalue weighted by molar-refractivity contribution is 0.414. The monoisotopic (exact) mass is 383 g/mol. The Morgan fingerprint density at radius 2 is 1.56 bits per heavy atom. The number of halogens is 1. The first-order valence-corrected chi connectivity index (χ1v) is 8.25. The number of ether oxygens (including phenoxy) is 1. The van der Waals surface area contributed by atoms with Crippen LogP contribution in [0.2, 0.25) is 5.02 Å². The molecule has 0 amide bonds. The summed E-state index contributed by atoms with van der Waals surface area (Å²) < 4.78 is 8.01. The van der Waals surface area contributed by atoms with E-state index in [1.54, 1.807) is 55.6 Å². The van der Waals surface area contributed by atoms with E-state index in [1.807, 2.05) is 0 Å². The van der Waals surface area contributed by atoms with Crippen molar-refractivity contribution in [2.75, 3.05) is 12.5 Å². The van der Waals surface area contributed by atoms with Crippen molar-refractivity contribution < 1.29 is 4.74 Å². The Kier molecular flexibility index (Phi) is 4.22. The number of nitrogen functional groups attached to an aromatic ring is 1. The van der Waals surface area contributed by atoms with Crippen molar-refractivity contribution in [3.63, 3.8) is 0 Å². The van der Waals surface area contributed by atoms with Crippen LogP contribution in [0.3, 0.4) is 0 Å². The van der Waals surface area contributed by atoms with Crippen molar-refractivity contribution in [1.82, 2.24) is 24.3 Å². The molecule has 0 atom stereocenters. The third-order valence-electron chi connectivity index (χ3n) is 4.00. The lowest BCUT2D eigenvalue weighted by Gasteiger charge is -2.04. The number of hydrogen-bond donors (Lipinski definition) is 2. The Morgan fingerprint density at radius 1 is 0.963 bits per heavy atom. The van der Waals surface area contributed by atoms with Crippen molar-refractivity contribution in [3.8, 4) is 17.1 Å². The standard InChI is InChI=1S/C17H14ClN7O2/c1-27-13-8-6-12(7-9-13)25-15-14(20-16(21-19)23-22-15)24(17(25)26)11-4-2-10(18)3-5-11/h2-9H,19H2,1H3,(H,20,21,23). The topological polar surface area (TPSA) is 113 Å². The summed E-state index contributed by atoms with van der Waals surface area (Å²) in [6.07, 6.45) is 0. The summed E-state index contributed by atoms with van der Waals surface area (Å²) in [7, 11) is 1.57. The van der Waals surface area contributed by atoms with Crippen LogP contribution in [0.25, 0.3) is 22.7 Å². The fourth-order valence-corrected chi connectivity index (χ4v) is 2.86. The third kappa shape index (κ3) is 2.88. The maximum absolute atomic E-state index is 13.2. The van der Waals surface area contributed by atoms with Gasteiger partial charge in [-0.25, -0.2) is 19.8 Å². The fourth-order valence-electron chi connectivity index (χ4n) is 2.74. The van der Waals surface area contributed by atoms with Crippen molar-refractivity contribution in [2.24, 2.45) is 5.84 Å². The predicted octanol–water partition coefficient (Wildman–Crippen LogP) is 1.91. The van der Waals surface area contributed by atoms with E-state index < -0.39 is 0 Å². The molecule has 0 unspecified atom stereocenters. The molecular weight excluding hydrogens is 370 g/mol. The molecular formula is C17H14ClN7O2. The molecule has 2 aromatic heterocycles. The summed E-state index contributed by atoms with van der Waals surface area (Å²) >= 11 is 5.97. The Bertz CT molecular complexity index is 1170. The van der Waals surface area contributed by atoms with Crippen molar-refractivity contribution >= 4 is 28.8 Å². The van der Waals surface area contributed by atoms with E-state index in [-0.39, 0.29) is 11.6 Å². The number of nitrogens with one attached hydrogen (secondary N) is 1. The number of methoxy groups -OCH3 is 1. The molecule has 0 radical (unpaired) electrons. The Morgan fingerprint density at radius 3 is 2.15 bits per heavy atom. The van der Waals surface area contributed by atoms with E-state index in [1.165, 1.54) is 9.13 Å². The molecule has 0 spiro atoms. The van der Waals surface area contributed by atoms with Gasteiger partial charge in [0.1, 0.15) is 5.75 Å². The fraction of sp³-hybridized carbons (Fsp3) is 0.0588. The number of hydrazine groups is 1. The molecule has 4 rings (SSSR count). The highest BCUT2D eigenvalue weighted by Crippen LogP contribution is 2.21. The van der Waals surface area contributed by atoms with Gasteiger partial charge in [-0.05, 0) is 48.5 Å². The summed E-state index contributed by atoms with van der Waals surface area (Å²) in [6.45, 7) is 0. The first-order valence-electron chi connectivity index (χ1n) is 7.87. The molecule has 2 heterocycles. The number of anilines is 1. The highest BCUT2D eigenvalue weighted by atomic mass is 35.5. The molecule has 0 fully saturated rings. The molecule has 0 bridgehead atoms. The molecule has 10 heteroatoms. The number of aromatic nitrogens is 5. The maximum Gasteiger partial charge on any atom is 0.340 e. The van der Waals surface area contributed by atoms with Gasteiger partial charge >= 0.3 is 5.69 Å². The zero-order valence-corrected chi connectivity index (χ0v) is 14.9. The Labute approximate surface area is 158 Å². The average Bonchev–Trinajstić information content (AvgIpc) is 2.99. The second-order valence-electron chi connectivity index (χ2n) is 5.55. The van der Waals surface area contributed by atoms with E-state index in [0.29, 0.717) is 33.4 Å². The van der Waals surface area contributed by atoms with Gasteiger partial charge < -0.3 is 4.74 Å². The molecule has 0 aliphatic rings. The van der Waals surface area contributed by atoms with Crippen LogP contribution in [0.5, 0.6) is 5.75 Å². The molecule has 0 saturated carbocycles. The van der Waals surface area contributed by atoms with Gasteiger partial charge in [-0.1, -0.05) is 11.6 Å².